The molecular formula is C18H13N3O3S. The van der Waals surface area contributed by atoms with Crippen LogP contribution in [0.3, 0.4) is 0 Å². The summed E-state index contributed by atoms with van der Waals surface area (Å²) in [5.41, 5.74) is 4.25. The van der Waals surface area contributed by atoms with Crippen molar-refractivity contribution in [3.63, 3.8) is 0 Å². The Bertz CT molecular complexity index is 926. The van der Waals surface area contributed by atoms with Gasteiger partial charge in [-0.2, -0.15) is 0 Å². The molecule has 6 nitrogen and oxygen atoms in total. The Kier molecular flexibility index (Phi) is 3.99. The van der Waals surface area contributed by atoms with E-state index >= 15 is 0 Å². The van der Waals surface area contributed by atoms with E-state index in [1.165, 1.54) is 11.3 Å². The maximum Gasteiger partial charge on any atom is 0.339 e. The fraction of sp³-hybridized carbons (Fsp3) is 0.111. The lowest BCUT2D eigenvalue weighted by molar-refractivity contribution is 0.0252. The molecule has 0 saturated heterocycles. The van der Waals surface area contributed by atoms with Crippen molar-refractivity contribution >= 4 is 28.3 Å². The van der Waals surface area contributed by atoms with Crippen molar-refractivity contribution in [1.82, 2.24) is 10.2 Å². The van der Waals surface area contributed by atoms with Crippen LogP contribution < -0.4 is 5.32 Å². The highest BCUT2D eigenvalue weighted by Gasteiger charge is 2.28. The summed E-state index contributed by atoms with van der Waals surface area (Å²) in [6.07, 6.45) is 0.188. The number of fused-ring (bicyclic) bond motifs is 1. The zero-order chi connectivity index (χ0) is 17.2. The SMILES string of the molecule is O=C(Nc1nncs1)c1ccc2c(c1)C[C@@H](c1ccccc1)OC2=O. The highest BCUT2D eigenvalue weighted by atomic mass is 32.1. The van der Waals surface area contributed by atoms with Crippen molar-refractivity contribution in [2.45, 2.75) is 12.5 Å². The minimum absolute atomic E-state index is 0.283. The molecule has 25 heavy (non-hydrogen) atoms. The molecule has 0 fully saturated rings. The van der Waals surface area contributed by atoms with Crippen LogP contribution in [-0.2, 0) is 11.2 Å². The molecule has 4 rings (SSSR count). The molecule has 124 valence electrons. The number of benzene rings is 2. The van der Waals surface area contributed by atoms with Gasteiger partial charge in [0, 0.05) is 12.0 Å². The summed E-state index contributed by atoms with van der Waals surface area (Å²) >= 11 is 1.24. The van der Waals surface area contributed by atoms with Crippen LogP contribution in [0.4, 0.5) is 5.13 Å². The fourth-order valence-electron chi connectivity index (χ4n) is 2.79. The van der Waals surface area contributed by atoms with Gasteiger partial charge in [0.25, 0.3) is 5.91 Å². The van der Waals surface area contributed by atoms with E-state index in [2.05, 4.69) is 15.5 Å². The molecule has 0 spiro atoms. The number of nitrogens with one attached hydrogen (secondary N) is 1. The van der Waals surface area contributed by atoms with Gasteiger partial charge < -0.3 is 4.74 Å². The molecule has 1 N–H and O–H groups in total. The Morgan fingerprint density at radius 1 is 1.20 bits per heavy atom. The molecule has 0 unspecified atom stereocenters. The summed E-state index contributed by atoms with van der Waals surface area (Å²) in [6, 6.07) is 14.6. The van der Waals surface area contributed by atoms with Gasteiger partial charge in [-0.3, -0.25) is 10.1 Å². The summed E-state index contributed by atoms with van der Waals surface area (Å²) in [7, 11) is 0. The highest BCUT2D eigenvalue weighted by Crippen LogP contribution is 2.31. The van der Waals surface area contributed by atoms with Gasteiger partial charge in [0.15, 0.2) is 0 Å². The first kappa shape index (κ1) is 15.5. The second-order valence-electron chi connectivity index (χ2n) is 5.58. The molecule has 2 aromatic carbocycles. The van der Waals surface area contributed by atoms with Crippen LogP contribution in [0.25, 0.3) is 0 Å². The van der Waals surface area contributed by atoms with E-state index in [9.17, 15) is 9.59 Å². The van der Waals surface area contributed by atoms with Crippen molar-refractivity contribution < 1.29 is 14.3 Å². The number of hydrogen-bond acceptors (Lipinski definition) is 6. The molecule has 0 saturated carbocycles. The molecule has 0 aliphatic carbocycles. The number of nitrogens with zero attached hydrogens (tertiary/aromatic N) is 2. The third kappa shape index (κ3) is 3.14. The largest absolute Gasteiger partial charge is 0.454 e. The van der Waals surface area contributed by atoms with Crippen molar-refractivity contribution in [2.24, 2.45) is 0 Å². The molecule has 2 heterocycles. The smallest absolute Gasteiger partial charge is 0.339 e. The Hall–Kier alpha value is -3.06. The predicted molar refractivity (Wildman–Crippen MR) is 92.6 cm³/mol. The number of carbonyl (C=O) groups is 2. The summed E-state index contributed by atoms with van der Waals surface area (Å²) in [4.78, 5) is 24.6. The topological polar surface area (TPSA) is 81.2 Å². The first-order valence-electron chi connectivity index (χ1n) is 7.67. The second-order valence-corrected chi connectivity index (χ2v) is 6.41. The molecule has 1 aliphatic rings. The van der Waals surface area contributed by atoms with Gasteiger partial charge in [0.1, 0.15) is 11.6 Å². The summed E-state index contributed by atoms with van der Waals surface area (Å²) < 4.78 is 5.53. The highest BCUT2D eigenvalue weighted by molar-refractivity contribution is 7.13. The van der Waals surface area contributed by atoms with Crippen LogP contribution >= 0.6 is 11.3 Å². The maximum absolute atomic E-state index is 12.3. The molecule has 0 radical (unpaired) electrons. The Labute approximate surface area is 147 Å². The zero-order valence-corrected chi connectivity index (χ0v) is 13.8. The van der Waals surface area contributed by atoms with E-state index in [-0.39, 0.29) is 18.0 Å². The number of cyclic esters (lactones) is 1. The Morgan fingerprint density at radius 3 is 2.80 bits per heavy atom. The second kappa shape index (κ2) is 6.45. The van der Waals surface area contributed by atoms with Crippen molar-refractivity contribution in [1.29, 1.82) is 0 Å². The van der Waals surface area contributed by atoms with Crippen molar-refractivity contribution in [2.75, 3.05) is 5.32 Å². The molecule has 1 aromatic heterocycles. The lowest BCUT2D eigenvalue weighted by Gasteiger charge is -2.25. The third-order valence-corrected chi connectivity index (χ3v) is 4.60. The average molecular weight is 351 g/mol. The minimum Gasteiger partial charge on any atom is -0.454 e. The van der Waals surface area contributed by atoms with Crippen molar-refractivity contribution in [3.8, 4) is 0 Å². The van der Waals surface area contributed by atoms with Crippen LogP contribution in [0, 0.1) is 0 Å². The quantitative estimate of drug-likeness (QED) is 0.733. The van der Waals surface area contributed by atoms with Gasteiger partial charge in [-0.1, -0.05) is 41.7 Å². The molecule has 3 aromatic rings. The van der Waals surface area contributed by atoms with E-state index in [0.29, 0.717) is 22.7 Å². The molecule has 1 atom stereocenters. The lowest BCUT2D eigenvalue weighted by atomic mass is 9.93. The van der Waals surface area contributed by atoms with Crippen LogP contribution in [0.2, 0.25) is 0 Å². The van der Waals surface area contributed by atoms with Crippen LogP contribution in [0.5, 0.6) is 0 Å². The van der Waals surface area contributed by atoms with Gasteiger partial charge >= 0.3 is 5.97 Å². The number of amides is 1. The van der Waals surface area contributed by atoms with E-state index in [0.717, 1.165) is 11.1 Å². The number of carbonyl (C=O) groups excluding carboxylic acids is 2. The van der Waals surface area contributed by atoms with Crippen LogP contribution in [0.15, 0.2) is 54.0 Å². The van der Waals surface area contributed by atoms with Gasteiger partial charge in [-0.25, -0.2) is 4.79 Å². The van der Waals surface area contributed by atoms with Gasteiger partial charge in [-0.05, 0) is 29.3 Å². The lowest BCUT2D eigenvalue weighted by Crippen LogP contribution is -2.23. The van der Waals surface area contributed by atoms with Gasteiger partial charge in [0.2, 0.25) is 5.13 Å². The van der Waals surface area contributed by atoms with Crippen LogP contribution in [0.1, 0.15) is 37.9 Å². The minimum atomic E-state index is -0.369. The Balaban J connectivity index is 1.61. The summed E-state index contributed by atoms with van der Waals surface area (Å²) in [6.45, 7) is 0. The summed E-state index contributed by atoms with van der Waals surface area (Å²) in [5.74, 6) is -0.652. The monoisotopic (exact) mass is 351 g/mol. The van der Waals surface area contributed by atoms with Gasteiger partial charge in [0.05, 0.1) is 5.56 Å². The van der Waals surface area contributed by atoms with E-state index in [1.54, 1.807) is 23.7 Å². The normalized spacial score (nSPS) is 16.0. The van der Waals surface area contributed by atoms with E-state index in [4.69, 9.17) is 4.74 Å². The number of rotatable bonds is 3. The molecule has 7 heteroatoms. The first-order chi connectivity index (χ1) is 12.2. The zero-order valence-electron chi connectivity index (χ0n) is 13.0. The fourth-order valence-corrected chi connectivity index (χ4v) is 3.23. The van der Waals surface area contributed by atoms with Gasteiger partial charge in [-0.15, -0.1) is 10.2 Å². The number of anilines is 1. The molecular weight excluding hydrogens is 338 g/mol. The van der Waals surface area contributed by atoms with Crippen molar-refractivity contribution in [3.05, 3.63) is 76.3 Å². The average Bonchev–Trinajstić information content (AvgIpc) is 3.15. The molecule has 0 bridgehead atoms. The number of aromatic nitrogens is 2. The standard InChI is InChI=1S/C18H13N3O3S/c22-16(20-18-21-19-10-25-18)12-6-7-14-13(8-12)9-15(24-17(14)23)11-4-2-1-3-5-11/h1-8,10,15H,9H2,(H,20,21,22)/t15-/m0/s1. The van der Waals surface area contributed by atoms with E-state index < -0.39 is 0 Å². The molecule has 1 amide bonds. The Morgan fingerprint density at radius 2 is 2.04 bits per heavy atom. The number of ether oxygens (including phenoxy) is 1. The molecule has 1 aliphatic heterocycles. The number of hydrogen-bond donors (Lipinski definition) is 1. The van der Waals surface area contributed by atoms with Crippen LogP contribution in [-0.4, -0.2) is 22.1 Å². The number of esters is 1. The van der Waals surface area contributed by atoms with E-state index in [1.807, 2.05) is 30.3 Å². The third-order valence-electron chi connectivity index (χ3n) is 3.99. The first-order valence-corrected chi connectivity index (χ1v) is 8.55. The summed E-state index contributed by atoms with van der Waals surface area (Å²) in [5, 5.41) is 10.6. The predicted octanol–water partition coefficient (Wildman–Crippen LogP) is 3.24. The maximum atomic E-state index is 12.3.